The second-order valence-electron chi connectivity index (χ2n) is 6.16. The summed E-state index contributed by atoms with van der Waals surface area (Å²) in [6.45, 7) is 0. The number of fused-ring (bicyclic) bond motifs is 2. The van der Waals surface area contributed by atoms with Gasteiger partial charge in [-0.2, -0.15) is 0 Å². The van der Waals surface area contributed by atoms with Gasteiger partial charge in [-0.15, -0.1) is 0 Å². The molecular weight excluding hydrogens is 278 g/mol. The molecule has 0 saturated heterocycles. The van der Waals surface area contributed by atoms with Crippen molar-refractivity contribution >= 4 is 11.9 Å². The molecule has 1 N–H and O–H groups in total. The van der Waals surface area contributed by atoms with Crippen LogP contribution >= 0.6 is 0 Å². The van der Waals surface area contributed by atoms with E-state index >= 15 is 0 Å². The maximum absolute atomic E-state index is 12.5. The predicted molar refractivity (Wildman–Crippen MR) is 82.9 cm³/mol. The van der Waals surface area contributed by atoms with Crippen molar-refractivity contribution in [1.29, 1.82) is 0 Å². The lowest BCUT2D eigenvalue weighted by atomic mass is 9.92. The van der Waals surface area contributed by atoms with Gasteiger partial charge < -0.3 is 10.1 Å². The topological polar surface area (TPSA) is 55.4 Å². The van der Waals surface area contributed by atoms with Crippen molar-refractivity contribution in [2.24, 2.45) is 17.8 Å². The van der Waals surface area contributed by atoms with E-state index in [2.05, 4.69) is 17.5 Å². The molecule has 116 valence electrons. The van der Waals surface area contributed by atoms with E-state index in [1.165, 1.54) is 7.11 Å². The molecule has 0 aliphatic heterocycles. The van der Waals surface area contributed by atoms with Crippen molar-refractivity contribution in [3.63, 3.8) is 0 Å². The van der Waals surface area contributed by atoms with Crippen LogP contribution in [0.5, 0.6) is 0 Å². The highest BCUT2D eigenvalue weighted by atomic mass is 16.5. The number of amides is 1. The highest BCUT2D eigenvalue weighted by Crippen LogP contribution is 2.43. The van der Waals surface area contributed by atoms with Crippen LogP contribution < -0.4 is 5.32 Å². The molecule has 1 fully saturated rings. The minimum atomic E-state index is -0.622. The number of carbonyl (C=O) groups excluding carboxylic acids is 2. The summed E-state index contributed by atoms with van der Waals surface area (Å²) in [5.41, 5.74) is 1.01. The summed E-state index contributed by atoms with van der Waals surface area (Å²) in [5.74, 6) is 0.448. The molecule has 2 aliphatic carbocycles. The molecule has 1 aromatic carbocycles. The van der Waals surface area contributed by atoms with Crippen LogP contribution in [0.4, 0.5) is 0 Å². The first kappa shape index (κ1) is 14.8. The average molecular weight is 299 g/mol. The Morgan fingerprint density at radius 3 is 2.59 bits per heavy atom. The van der Waals surface area contributed by atoms with Gasteiger partial charge in [0.05, 0.1) is 7.11 Å². The zero-order valence-corrected chi connectivity index (χ0v) is 12.7. The molecule has 0 unspecified atom stereocenters. The molecule has 1 amide bonds. The van der Waals surface area contributed by atoms with E-state index in [-0.39, 0.29) is 11.8 Å². The normalized spacial score (nSPS) is 26.7. The number of rotatable bonds is 5. The van der Waals surface area contributed by atoms with E-state index in [0.717, 1.165) is 18.4 Å². The van der Waals surface area contributed by atoms with Gasteiger partial charge in [0.2, 0.25) is 5.91 Å². The number of nitrogens with one attached hydrogen (secondary N) is 1. The van der Waals surface area contributed by atoms with E-state index in [0.29, 0.717) is 18.3 Å². The molecule has 0 aromatic heterocycles. The van der Waals surface area contributed by atoms with Crippen molar-refractivity contribution in [3.05, 3.63) is 48.0 Å². The lowest BCUT2D eigenvalue weighted by Gasteiger charge is -2.22. The summed E-state index contributed by atoms with van der Waals surface area (Å²) in [6.07, 6.45) is 6.76. The van der Waals surface area contributed by atoms with Crippen LogP contribution in [-0.4, -0.2) is 25.0 Å². The number of benzene rings is 1. The Labute approximate surface area is 130 Å². The standard InChI is InChI=1S/C18H21NO3/c1-22-18(21)16(11-12-5-3-2-4-6-12)19-17(20)15-10-13-7-8-14(15)9-13/h2-8,13-16H,9-11H2,1H3,(H,19,20)/t13-,14+,15-,16+/m1/s1. The summed E-state index contributed by atoms with van der Waals surface area (Å²) in [5, 5.41) is 2.90. The molecule has 0 radical (unpaired) electrons. The number of esters is 1. The Balaban J connectivity index is 1.66. The van der Waals surface area contributed by atoms with E-state index in [1.807, 2.05) is 30.3 Å². The lowest BCUT2D eigenvalue weighted by Crippen LogP contribution is -2.46. The minimum Gasteiger partial charge on any atom is -0.467 e. The van der Waals surface area contributed by atoms with Crippen molar-refractivity contribution in [2.45, 2.75) is 25.3 Å². The second-order valence-corrected chi connectivity index (χ2v) is 6.16. The maximum Gasteiger partial charge on any atom is 0.328 e. The predicted octanol–water partition coefficient (Wildman–Crippen LogP) is 2.10. The third kappa shape index (κ3) is 3.06. The van der Waals surface area contributed by atoms with Crippen LogP contribution in [0.3, 0.4) is 0 Å². The van der Waals surface area contributed by atoms with E-state index in [4.69, 9.17) is 4.74 Å². The van der Waals surface area contributed by atoms with Gasteiger partial charge in [-0.25, -0.2) is 4.79 Å². The summed E-state index contributed by atoms with van der Waals surface area (Å²) >= 11 is 0. The molecule has 4 atom stereocenters. The van der Waals surface area contributed by atoms with Crippen LogP contribution in [-0.2, 0) is 20.7 Å². The van der Waals surface area contributed by atoms with Gasteiger partial charge in [0.25, 0.3) is 0 Å². The van der Waals surface area contributed by atoms with Crippen LogP contribution in [0, 0.1) is 17.8 Å². The smallest absolute Gasteiger partial charge is 0.328 e. The molecule has 4 heteroatoms. The van der Waals surface area contributed by atoms with Gasteiger partial charge in [0.15, 0.2) is 0 Å². The van der Waals surface area contributed by atoms with Crippen molar-refractivity contribution in [2.75, 3.05) is 7.11 Å². The van der Waals surface area contributed by atoms with Crippen LogP contribution in [0.2, 0.25) is 0 Å². The zero-order valence-electron chi connectivity index (χ0n) is 12.7. The SMILES string of the molecule is COC(=O)[C@H](Cc1ccccc1)NC(=O)[C@@H]1C[C@@H]2C=C[C@H]1C2. The van der Waals surface area contributed by atoms with Gasteiger partial charge in [0.1, 0.15) is 6.04 Å². The number of hydrogen-bond donors (Lipinski definition) is 1. The Hall–Kier alpha value is -2.10. The number of methoxy groups -OCH3 is 1. The molecule has 1 aromatic rings. The third-order valence-electron chi connectivity index (χ3n) is 4.70. The molecule has 4 nitrogen and oxygen atoms in total. The highest BCUT2D eigenvalue weighted by molar-refractivity contribution is 5.86. The Morgan fingerprint density at radius 1 is 1.23 bits per heavy atom. The van der Waals surface area contributed by atoms with Gasteiger partial charge >= 0.3 is 5.97 Å². The van der Waals surface area contributed by atoms with E-state index < -0.39 is 12.0 Å². The molecule has 3 rings (SSSR count). The first-order valence-electron chi connectivity index (χ1n) is 7.78. The number of carbonyl (C=O) groups is 2. The lowest BCUT2D eigenvalue weighted by molar-refractivity contribution is -0.145. The largest absolute Gasteiger partial charge is 0.467 e. The Morgan fingerprint density at radius 2 is 2.00 bits per heavy atom. The maximum atomic E-state index is 12.5. The molecular formula is C18H21NO3. The molecule has 1 saturated carbocycles. The number of hydrogen-bond acceptors (Lipinski definition) is 3. The molecule has 0 spiro atoms. The fourth-order valence-electron chi connectivity index (χ4n) is 3.55. The van der Waals surface area contributed by atoms with Gasteiger partial charge in [-0.1, -0.05) is 42.5 Å². The van der Waals surface area contributed by atoms with E-state index in [9.17, 15) is 9.59 Å². The first-order valence-corrected chi connectivity index (χ1v) is 7.78. The van der Waals surface area contributed by atoms with Gasteiger partial charge in [0, 0.05) is 12.3 Å². The van der Waals surface area contributed by atoms with Crippen molar-refractivity contribution in [1.82, 2.24) is 5.32 Å². The molecule has 2 aliphatic rings. The average Bonchev–Trinajstić information content (AvgIpc) is 3.17. The molecule has 2 bridgehead atoms. The highest BCUT2D eigenvalue weighted by Gasteiger charge is 2.40. The fraction of sp³-hybridized carbons (Fsp3) is 0.444. The van der Waals surface area contributed by atoms with E-state index in [1.54, 1.807) is 0 Å². The van der Waals surface area contributed by atoms with Crippen LogP contribution in [0.15, 0.2) is 42.5 Å². The summed E-state index contributed by atoms with van der Waals surface area (Å²) in [6, 6.07) is 9.04. The van der Waals surface area contributed by atoms with Crippen molar-refractivity contribution < 1.29 is 14.3 Å². The summed E-state index contributed by atoms with van der Waals surface area (Å²) in [7, 11) is 1.35. The van der Waals surface area contributed by atoms with Crippen LogP contribution in [0.25, 0.3) is 0 Å². The van der Waals surface area contributed by atoms with Gasteiger partial charge in [-0.3, -0.25) is 4.79 Å². The Bertz CT molecular complexity index is 581. The minimum absolute atomic E-state index is 0.00192. The first-order chi connectivity index (χ1) is 10.7. The monoisotopic (exact) mass is 299 g/mol. The summed E-state index contributed by atoms with van der Waals surface area (Å²) < 4.78 is 4.84. The van der Waals surface area contributed by atoms with Crippen LogP contribution in [0.1, 0.15) is 18.4 Å². The fourth-order valence-corrected chi connectivity index (χ4v) is 3.55. The zero-order chi connectivity index (χ0) is 15.5. The quantitative estimate of drug-likeness (QED) is 0.669. The number of allylic oxidation sites excluding steroid dienone is 2. The number of ether oxygens (including phenoxy) is 1. The van der Waals surface area contributed by atoms with Crippen molar-refractivity contribution in [3.8, 4) is 0 Å². The third-order valence-corrected chi connectivity index (χ3v) is 4.70. The Kier molecular flexibility index (Phi) is 4.27. The molecule has 22 heavy (non-hydrogen) atoms. The molecule has 0 heterocycles. The second kappa shape index (κ2) is 6.34. The summed E-state index contributed by atoms with van der Waals surface area (Å²) in [4.78, 5) is 24.5. The van der Waals surface area contributed by atoms with Gasteiger partial charge in [-0.05, 0) is 30.2 Å².